The molecule has 30 heavy (non-hydrogen) atoms. The molecule has 1 amide bonds. The predicted octanol–water partition coefficient (Wildman–Crippen LogP) is 2.90. The number of rotatable bonds is 7. The summed E-state index contributed by atoms with van der Waals surface area (Å²) >= 11 is 0. The van der Waals surface area contributed by atoms with E-state index in [4.69, 9.17) is 4.74 Å². The first-order valence-electron chi connectivity index (χ1n) is 10.9. The minimum atomic E-state index is -0.484. The number of hydrazine groups is 1. The molecule has 1 atom stereocenters. The Balaban J connectivity index is 1.40. The zero-order chi connectivity index (χ0) is 21.3. The minimum absolute atomic E-state index is 0.0682. The van der Waals surface area contributed by atoms with E-state index in [9.17, 15) is 9.59 Å². The molecule has 7 nitrogen and oxygen atoms in total. The van der Waals surface area contributed by atoms with Gasteiger partial charge in [0.1, 0.15) is 17.7 Å². The lowest BCUT2D eigenvalue weighted by Gasteiger charge is -2.29. The van der Waals surface area contributed by atoms with Gasteiger partial charge < -0.3 is 14.4 Å². The summed E-state index contributed by atoms with van der Waals surface area (Å²) in [6.07, 6.45) is 2.69. The lowest BCUT2D eigenvalue weighted by molar-refractivity contribution is -0.117. The summed E-state index contributed by atoms with van der Waals surface area (Å²) in [6, 6.07) is 4.96. The standard InChI is InChI=1S/C22H31FN4O3/c1-16(28)3-7-19-15-27(22(29)30-19)18-6-8-21(20(23)13-18)25-10-9-24(2)26(12-11-25)14-17-4-5-17/h6,8,13,17,19H,3-5,7,9-12,14-15H2,1-2H3/t19-/m0/s1. The first-order chi connectivity index (χ1) is 14.4. The van der Waals surface area contributed by atoms with E-state index in [0.29, 0.717) is 30.8 Å². The van der Waals surface area contributed by atoms with Crippen molar-refractivity contribution in [3.05, 3.63) is 24.0 Å². The molecule has 0 bridgehead atoms. The number of halogens is 1. The first kappa shape index (κ1) is 21.1. The van der Waals surface area contributed by atoms with Gasteiger partial charge in [0.25, 0.3) is 0 Å². The van der Waals surface area contributed by atoms with Crippen LogP contribution in [0.1, 0.15) is 32.6 Å². The number of carbonyl (C=O) groups excluding carboxylic acids is 2. The minimum Gasteiger partial charge on any atom is -0.444 e. The quantitative estimate of drug-likeness (QED) is 0.679. The average Bonchev–Trinajstić information content (AvgIpc) is 3.47. The second kappa shape index (κ2) is 8.89. The summed E-state index contributed by atoms with van der Waals surface area (Å²) in [5, 5.41) is 4.64. The maximum Gasteiger partial charge on any atom is 0.414 e. The van der Waals surface area contributed by atoms with Gasteiger partial charge in [0.2, 0.25) is 0 Å². The van der Waals surface area contributed by atoms with E-state index in [2.05, 4.69) is 22.0 Å². The third-order valence-electron chi connectivity index (χ3n) is 6.25. The molecule has 4 rings (SSSR count). The molecule has 1 aromatic carbocycles. The molecule has 2 saturated heterocycles. The SMILES string of the molecule is CC(=O)CC[C@H]1CN(c2ccc(N3CCN(C)N(CC4CC4)CC3)c(F)c2)C(=O)O1. The van der Waals surface area contributed by atoms with E-state index in [-0.39, 0.29) is 17.7 Å². The summed E-state index contributed by atoms with van der Waals surface area (Å²) in [4.78, 5) is 26.9. The Labute approximate surface area is 177 Å². The highest BCUT2D eigenvalue weighted by Crippen LogP contribution is 2.31. The summed E-state index contributed by atoms with van der Waals surface area (Å²) in [5.74, 6) is 0.555. The van der Waals surface area contributed by atoms with Crippen LogP contribution >= 0.6 is 0 Å². The predicted molar refractivity (Wildman–Crippen MR) is 113 cm³/mol. The van der Waals surface area contributed by atoms with Gasteiger partial charge >= 0.3 is 6.09 Å². The number of anilines is 2. The van der Waals surface area contributed by atoms with Crippen molar-refractivity contribution in [3.63, 3.8) is 0 Å². The van der Waals surface area contributed by atoms with Gasteiger partial charge in [0.15, 0.2) is 0 Å². The van der Waals surface area contributed by atoms with E-state index in [1.807, 2.05) is 0 Å². The van der Waals surface area contributed by atoms with Gasteiger partial charge in [0, 0.05) is 46.2 Å². The van der Waals surface area contributed by atoms with E-state index >= 15 is 4.39 Å². The number of likely N-dealkylation sites (N-methyl/N-ethyl adjacent to an activating group) is 1. The van der Waals surface area contributed by atoms with Crippen LogP contribution in [-0.2, 0) is 9.53 Å². The number of Topliss-reactive ketones (excluding diaryl/α,β-unsaturated/α-hetero) is 1. The molecule has 0 unspecified atom stereocenters. The third kappa shape index (κ3) is 4.92. The molecular formula is C22H31FN4O3. The highest BCUT2D eigenvalue weighted by atomic mass is 19.1. The van der Waals surface area contributed by atoms with Crippen LogP contribution < -0.4 is 9.80 Å². The highest BCUT2D eigenvalue weighted by Gasteiger charge is 2.33. The summed E-state index contributed by atoms with van der Waals surface area (Å²) in [6.45, 7) is 6.21. The van der Waals surface area contributed by atoms with Crippen LogP contribution in [0.2, 0.25) is 0 Å². The molecule has 0 aromatic heterocycles. The topological polar surface area (TPSA) is 56.3 Å². The van der Waals surface area contributed by atoms with Gasteiger partial charge in [-0.25, -0.2) is 19.2 Å². The van der Waals surface area contributed by atoms with Crippen LogP contribution in [0.15, 0.2) is 18.2 Å². The second-order valence-corrected chi connectivity index (χ2v) is 8.72. The number of cyclic esters (lactones) is 1. The average molecular weight is 419 g/mol. The Morgan fingerprint density at radius 1 is 1.20 bits per heavy atom. The monoisotopic (exact) mass is 418 g/mol. The van der Waals surface area contributed by atoms with Crippen LogP contribution in [0.3, 0.4) is 0 Å². The van der Waals surface area contributed by atoms with Crippen molar-refractivity contribution in [3.8, 4) is 0 Å². The number of ketones is 1. The molecule has 1 aliphatic carbocycles. The lowest BCUT2D eigenvalue weighted by Crippen LogP contribution is -2.41. The Morgan fingerprint density at radius 2 is 1.97 bits per heavy atom. The van der Waals surface area contributed by atoms with Crippen LogP contribution in [-0.4, -0.2) is 74.3 Å². The molecular weight excluding hydrogens is 387 g/mol. The molecule has 1 saturated carbocycles. The van der Waals surface area contributed by atoms with Crippen LogP contribution in [0.25, 0.3) is 0 Å². The van der Waals surface area contributed by atoms with Crippen molar-refractivity contribution in [2.75, 3.05) is 56.1 Å². The van der Waals surface area contributed by atoms with E-state index in [1.54, 1.807) is 12.1 Å². The van der Waals surface area contributed by atoms with Gasteiger partial charge in [-0.1, -0.05) is 0 Å². The summed E-state index contributed by atoms with van der Waals surface area (Å²) in [5.41, 5.74) is 1.06. The van der Waals surface area contributed by atoms with Crippen molar-refractivity contribution in [2.45, 2.75) is 38.7 Å². The number of hydrogen-bond acceptors (Lipinski definition) is 6. The maximum atomic E-state index is 15.0. The van der Waals surface area contributed by atoms with Crippen molar-refractivity contribution < 1.29 is 18.7 Å². The molecule has 0 radical (unpaired) electrons. The van der Waals surface area contributed by atoms with Crippen molar-refractivity contribution in [1.82, 2.24) is 10.0 Å². The number of ether oxygens (including phenoxy) is 1. The smallest absolute Gasteiger partial charge is 0.414 e. The van der Waals surface area contributed by atoms with Crippen molar-refractivity contribution in [1.29, 1.82) is 0 Å². The maximum absolute atomic E-state index is 15.0. The molecule has 2 heterocycles. The Bertz CT molecular complexity index is 801. The van der Waals surface area contributed by atoms with Crippen molar-refractivity contribution in [2.24, 2.45) is 5.92 Å². The molecule has 1 aromatic rings. The van der Waals surface area contributed by atoms with Crippen LogP contribution in [0, 0.1) is 11.7 Å². The number of nitrogens with zero attached hydrogens (tertiary/aromatic N) is 4. The van der Waals surface area contributed by atoms with E-state index < -0.39 is 6.09 Å². The number of carbonyl (C=O) groups is 2. The molecule has 8 heteroatoms. The first-order valence-corrected chi connectivity index (χ1v) is 10.9. The van der Waals surface area contributed by atoms with Crippen LogP contribution in [0.5, 0.6) is 0 Å². The zero-order valence-electron chi connectivity index (χ0n) is 17.8. The fourth-order valence-electron chi connectivity index (χ4n) is 4.16. The van der Waals surface area contributed by atoms with Gasteiger partial charge in [-0.15, -0.1) is 0 Å². The number of amides is 1. The van der Waals surface area contributed by atoms with Gasteiger partial charge in [-0.2, -0.15) is 0 Å². The summed E-state index contributed by atoms with van der Waals surface area (Å²) in [7, 11) is 2.10. The normalized spacial score (nSPS) is 23.6. The Hall–Kier alpha value is -2.19. The van der Waals surface area contributed by atoms with Crippen LogP contribution in [0.4, 0.5) is 20.6 Å². The van der Waals surface area contributed by atoms with Gasteiger partial charge in [-0.05, 0) is 50.3 Å². The third-order valence-corrected chi connectivity index (χ3v) is 6.25. The Kier molecular flexibility index (Phi) is 6.24. The number of benzene rings is 1. The largest absolute Gasteiger partial charge is 0.444 e. The molecule has 0 N–H and O–H groups in total. The molecule has 3 fully saturated rings. The fourth-order valence-corrected chi connectivity index (χ4v) is 4.16. The second-order valence-electron chi connectivity index (χ2n) is 8.72. The molecule has 2 aliphatic heterocycles. The van der Waals surface area contributed by atoms with Gasteiger partial charge in [0.05, 0.1) is 17.9 Å². The lowest BCUT2D eigenvalue weighted by atomic mass is 10.1. The fraction of sp³-hybridized carbons (Fsp3) is 0.636. The molecule has 164 valence electrons. The summed E-state index contributed by atoms with van der Waals surface area (Å²) < 4.78 is 20.4. The molecule has 0 spiro atoms. The van der Waals surface area contributed by atoms with E-state index in [0.717, 1.165) is 38.6 Å². The van der Waals surface area contributed by atoms with Gasteiger partial charge in [-0.3, -0.25) is 4.90 Å². The zero-order valence-corrected chi connectivity index (χ0v) is 17.8. The number of hydrogen-bond donors (Lipinski definition) is 0. The van der Waals surface area contributed by atoms with E-state index in [1.165, 1.54) is 30.7 Å². The molecule has 3 aliphatic rings. The van der Waals surface area contributed by atoms with Crippen molar-refractivity contribution >= 4 is 23.3 Å². The Morgan fingerprint density at radius 3 is 2.67 bits per heavy atom. The highest BCUT2D eigenvalue weighted by molar-refractivity contribution is 5.90.